The molecule has 0 aliphatic carbocycles. The number of amides is 3. The minimum Gasteiger partial charge on any atom is -0.465 e. The maximum absolute atomic E-state index is 13.0. The van der Waals surface area contributed by atoms with E-state index in [-0.39, 0.29) is 76.2 Å². The van der Waals surface area contributed by atoms with Gasteiger partial charge in [-0.1, -0.05) is 69.2 Å². The van der Waals surface area contributed by atoms with Crippen molar-refractivity contribution in [2.45, 2.75) is 122 Å². The molecule has 4 N–H and O–H groups in total. The van der Waals surface area contributed by atoms with Gasteiger partial charge in [0.2, 0.25) is 11.2 Å². The summed E-state index contributed by atoms with van der Waals surface area (Å²) in [7, 11) is 0. The monoisotopic (exact) mass is 1020 g/mol. The molecule has 0 bridgehead atoms. The van der Waals surface area contributed by atoms with Crippen molar-refractivity contribution in [3.8, 4) is 0 Å². The quantitative estimate of drug-likeness (QED) is 0.0108. The lowest BCUT2D eigenvalue weighted by Crippen LogP contribution is -2.44. The molecular formula is C43H74N3O16S4+. The first-order chi connectivity index (χ1) is 31.0. The van der Waals surface area contributed by atoms with Crippen molar-refractivity contribution < 1.29 is 76.0 Å². The topological polar surface area (TPSA) is 250 Å². The molecule has 0 aromatic carbocycles. The molecular weight excluding hydrogens is 943 g/mol. The Morgan fingerprint density at radius 1 is 0.636 bits per heavy atom. The molecule has 0 saturated carbocycles. The predicted molar refractivity (Wildman–Crippen MR) is 259 cm³/mol. The van der Waals surface area contributed by atoms with Gasteiger partial charge >= 0.3 is 29.0 Å². The zero-order valence-corrected chi connectivity index (χ0v) is 43.5. The van der Waals surface area contributed by atoms with E-state index in [1.807, 2.05) is 27.7 Å². The first-order valence-corrected chi connectivity index (χ1v) is 25.6. The van der Waals surface area contributed by atoms with Crippen LogP contribution in [0.1, 0.15) is 94.9 Å². The fourth-order valence-corrected chi connectivity index (χ4v) is 9.24. The highest BCUT2D eigenvalue weighted by Crippen LogP contribution is 2.27. The van der Waals surface area contributed by atoms with Crippen molar-refractivity contribution >= 4 is 86.1 Å². The van der Waals surface area contributed by atoms with E-state index in [0.717, 1.165) is 35.3 Å². The minimum atomic E-state index is -1.22. The van der Waals surface area contributed by atoms with Crippen LogP contribution in [-0.2, 0) is 67.7 Å². The summed E-state index contributed by atoms with van der Waals surface area (Å²) in [5.74, 6) is -1.94. The Hall–Kier alpha value is -3.03. The lowest BCUT2D eigenvalue weighted by atomic mass is 9.94. The van der Waals surface area contributed by atoms with E-state index >= 15 is 0 Å². The smallest absolute Gasteiger partial charge is 0.369 e. The number of hydrogen-bond acceptors (Lipinski definition) is 19. The molecule has 380 valence electrons. The SMILES string of the molecule is C=C(C)C(=O)OCCNC(=O)SC(C)CC(=O)OCC(C)(COC(=O)CC(C)SC(=O)NCCC[S+](OCC)C(C)(OCC)OCC)COC(=O)CC(C)SC(=O)NCCOC(O)C(=C)C. The maximum atomic E-state index is 13.0. The average molecular weight is 1020 g/mol. The van der Waals surface area contributed by atoms with Crippen LogP contribution in [0.3, 0.4) is 0 Å². The highest BCUT2D eigenvalue weighted by Gasteiger charge is 2.48. The molecule has 23 heteroatoms. The van der Waals surface area contributed by atoms with Crippen LogP contribution >= 0.6 is 35.3 Å². The van der Waals surface area contributed by atoms with Crippen LogP contribution in [0.25, 0.3) is 0 Å². The summed E-state index contributed by atoms with van der Waals surface area (Å²) in [5.41, 5.74) is -0.565. The van der Waals surface area contributed by atoms with E-state index in [0.29, 0.717) is 44.1 Å². The van der Waals surface area contributed by atoms with Gasteiger partial charge in [0, 0.05) is 47.8 Å². The van der Waals surface area contributed by atoms with Crippen molar-refractivity contribution in [2.75, 3.05) is 78.2 Å². The first kappa shape index (κ1) is 63.0. The van der Waals surface area contributed by atoms with Crippen LogP contribution in [-0.4, -0.2) is 150 Å². The summed E-state index contributed by atoms with van der Waals surface area (Å²) in [4.78, 5) is 87.8. The van der Waals surface area contributed by atoms with Gasteiger partial charge in [-0.05, 0) is 47.1 Å². The lowest BCUT2D eigenvalue weighted by molar-refractivity contribution is -0.161. The van der Waals surface area contributed by atoms with Crippen LogP contribution in [0.4, 0.5) is 14.4 Å². The summed E-state index contributed by atoms with van der Waals surface area (Å²) in [6, 6.07) is 0. The molecule has 0 aliphatic rings. The van der Waals surface area contributed by atoms with Crippen LogP contribution < -0.4 is 16.0 Å². The molecule has 0 fully saturated rings. The Labute approximate surface area is 406 Å². The second-order valence-corrected chi connectivity index (χ2v) is 21.7. The second kappa shape index (κ2) is 35.1. The molecule has 6 atom stereocenters. The van der Waals surface area contributed by atoms with Crippen molar-refractivity contribution in [1.82, 2.24) is 16.0 Å². The summed E-state index contributed by atoms with van der Waals surface area (Å²) in [6.07, 6.45) is -0.998. The van der Waals surface area contributed by atoms with Gasteiger partial charge in [-0.2, -0.15) is 4.18 Å². The molecule has 66 heavy (non-hydrogen) atoms. The van der Waals surface area contributed by atoms with Gasteiger partial charge in [-0.15, -0.1) is 0 Å². The van der Waals surface area contributed by atoms with E-state index in [9.17, 15) is 38.7 Å². The van der Waals surface area contributed by atoms with E-state index in [1.54, 1.807) is 34.6 Å². The van der Waals surface area contributed by atoms with E-state index in [4.69, 9.17) is 37.3 Å². The van der Waals surface area contributed by atoms with E-state index in [1.165, 1.54) is 6.92 Å². The van der Waals surface area contributed by atoms with Gasteiger partial charge in [0.1, 0.15) is 38.8 Å². The van der Waals surface area contributed by atoms with Gasteiger partial charge in [0.05, 0.1) is 51.0 Å². The number of hydrogen-bond donors (Lipinski definition) is 4. The second-order valence-electron chi connectivity index (χ2n) is 15.4. The summed E-state index contributed by atoms with van der Waals surface area (Å²) < 4.78 is 44.4. The van der Waals surface area contributed by atoms with Crippen LogP contribution in [0, 0.1) is 5.41 Å². The summed E-state index contributed by atoms with van der Waals surface area (Å²) in [5, 5.41) is 14.2. The highest BCUT2D eigenvalue weighted by atomic mass is 32.2. The molecule has 0 saturated heterocycles. The molecule has 0 rings (SSSR count). The number of nitrogens with one attached hydrogen (secondary N) is 3. The van der Waals surface area contributed by atoms with Crippen LogP contribution in [0.5, 0.6) is 0 Å². The molecule has 0 radical (unpaired) electrons. The van der Waals surface area contributed by atoms with Crippen LogP contribution in [0.2, 0.25) is 0 Å². The molecule has 0 aromatic rings. The third-order valence-corrected chi connectivity index (χ3v) is 13.3. The molecule has 6 unspecified atom stereocenters. The Bertz CT molecular complexity index is 1550. The van der Waals surface area contributed by atoms with Gasteiger partial charge in [-0.25, -0.2) is 4.79 Å². The van der Waals surface area contributed by atoms with Crippen molar-refractivity contribution in [3.05, 3.63) is 24.3 Å². The molecule has 0 aliphatic heterocycles. The summed E-state index contributed by atoms with van der Waals surface area (Å²) in [6.45, 7) is 25.3. The Morgan fingerprint density at radius 2 is 1.05 bits per heavy atom. The molecule has 0 heterocycles. The zero-order valence-electron chi connectivity index (χ0n) is 40.2. The fraction of sp³-hybridized carbons (Fsp3) is 0.744. The first-order valence-electron chi connectivity index (χ1n) is 21.7. The van der Waals surface area contributed by atoms with Gasteiger partial charge in [-0.3, -0.25) is 28.8 Å². The van der Waals surface area contributed by atoms with Crippen molar-refractivity contribution in [2.24, 2.45) is 5.41 Å². The van der Waals surface area contributed by atoms with Crippen LogP contribution in [0.15, 0.2) is 24.3 Å². The predicted octanol–water partition coefficient (Wildman–Crippen LogP) is 6.02. The van der Waals surface area contributed by atoms with E-state index in [2.05, 4.69) is 29.1 Å². The number of carbonyl (C=O) groups is 7. The van der Waals surface area contributed by atoms with Crippen molar-refractivity contribution in [3.63, 3.8) is 0 Å². The largest absolute Gasteiger partial charge is 0.465 e. The normalized spacial score (nSPS) is 14.5. The number of aliphatic hydroxyl groups excluding tert-OH is 1. The fourth-order valence-electron chi connectivity index (χ4n) is 5.04. The summed E-state index contributed by atoms with van der Waals surface area (Å²) >= 11 is 1.99. The standard InChI is InChI=1S/C43H73N3O16S4/c1-13-60-43(12,61-14-2)66(62-15-3)22-16-17-44-39(52)63-31(8)23-34(47)57-26-42(11,27-58-35(48)24-32(9)64-40(53)45-18-20-55-37(50)29(4)5)28-59-36(49)25-33(10)65-41(54)46-19-21-56-38(51)30(6)7/h31-33,37,50H,4,6,13-28H2,1-3,5,7-12H3,(H2-,44,45,46,52,53,54)/p+1. The minimum absolute atomic E-state index is 0.0447. The van der Waals surface area contributed by atoms with E-state index < -0.39 is 78.1 Å². The number of esters is 4. The Kier molecular flexibility index (Phi) is 33.5. The zero-order chi connectivity index (χ0) is 50.3. The molecule has 0 aromatic heterocycles. The maximum Gasteiger partial charge on any atom is 0.369 e. The Morgan fingerprint density at radius 3 is 1.42 bits per heavy atom. The number of rotatable bonds is 35. The number of thioether (sulfide) groups is 3. The molecule has 3 amide bonds. The lowest BCUT2D eigenvalue weighted by Gasteiger charge is -2.28. The number of carbonyl (C=O) groups excluding carboxylic acids is 7. The van der Waals surface area contributed by atoms with Gasteiger partial charge in [0.25, 0.3) is 15.7 Å². The number of aliphatic hydroxyl groups is 1. The highest BCUT2D eigenvalue weighted by molar-refractivity contribution is 8.14. The number of ether oxygens (including phenoxy) is 7. The molecule has 0 spiro atoms. The molecule has 19 nitrogen and oxygen atoms in total. The average Bonchev–Trinajstić information content (AvgIpc) is 3.22. The van der Waals surface area contributed by atoms with Gasteiger partial charge < -0.3 is 54.2 Å². The van der Waals surface area contributed by atoms with Gasteiger partial charge in [0.15, 0.2) is 6.29 Å². The van der Waals surface area contributed by atoms with Crippen molar-refractivity contribution in [1.29, 1.82) is 0 Å². The third-order valence-electron chi connectivity index (χ3n) is 8.32. The third kappa shape index (κ3) is 30.4. The Balaban J connectivity index is 5.36.